The average molecular weight is 188 g/mol. The molecule has 0 radical (unpaired) electrons. The van der Waals surface area contributed by atoms with Crippen molar-refractivity contribution in [2.75, 3.05) is 13.1 Å². The Morgan fingerprint density at radius 1 is 1.31 bits per heavy atom. The Labute approximate surface area is 79.7 Å². The molecule has 0 aromatic heterocycles. The van der Waals surface area contributed by atoms with Crippen LogP contribution >= 0.6 is 0 Å². The highest BCUT2D eigenvalue weighted by atomic mass is 16.3. The van der Waals surface area contributed by atoms with Crippen molar-refractivity contribution in [3.05, 3.63) is 0 Å². The number of urea groups is 1. The van der Waals surface area contributed by atoms with Gasteiger partial charge in [0.2, 0.25) is 0 Å². The Hall–Kier alpha value is -0.770. The summed E-state index contributed by atoms with van der Waals surface area (Å²) in [5.74, 6) is 0.595. The normalized spacial score (nSPS) is 12.7. The zero-order valence-electron chi connectivity index (χ0n) is 8.63. The Kier molecular flexibility index (Phi) is 6.32. The monoisotopic (exact) mass is 188 g/mol. The fourth-order valence-corrected chi connectivity index (χ4v) is 0.777. The number of carbonyl (C=O) groups excluding carboxylic acids is 1. The Morgan fingerprint density at radius 3 is 2.38 bits per heavy atom. The summed E-state index contributed by atoms with van der Waals surface area (Å²) in [5, 5.41) is 14.1. The van der Waals surface area contributed by atoms with Crippen LogP contribution in [0.3, 0.4) is 0 Å². The van der Waals surface area contributed by atoms with Gasteiger partial charge in [-0.1, -0.05) is 13.8 Å². The van der Waals surface area contributed by atoms with Crippen LogP contribution in [0.1, 0.15) is 27.2 Å². The van der Waals surface area contributed by atoms with E-state index in [0.29, 0.717) is 19.0 Å². The van der Waals surface area contributed by atoms with E-state index in [-0.39, 0.29) is 6.03 Å². The van der Waals surface area contributed by atoms with E-state index in [1.54, 1.807) is 6.92 Å². The predicted octanol–water partition coefficient (Wildman–Crippen LogP) is 0.712. The van der Waals surface area contributed by atoms with Gasteiger partial charge in [0.1, 0.15) is 0 Å². The summed E-state index contributed by atoms with van der Waals surface area (Å²) < 4.78 is 0. The molecular formula is C9H20N2O2. The van der Waals surface area contributed by atoms with E-state index in [2.05, 4.69) is 24.5 Å². The lowest BCUT2D eigenvalue weighted by atomic mass is 10.1. The lowest BCUT2D eigenvalue weighted by Gasteiger charge is -2.09. The Balaban J connectivity index is 3.30. The predicted molar refractivity (Wildman–Crippen MR) is 52.5 cm³/mol. The molecule has 0 aromatic carbocycles. The maximum Gasteiger partial charge on any atom is 0.314 e. The SMILES string of the molecule is CC(C)CCNC(=O)NC[C@H](C)O. The topological polar surface area (TPSA) is 61.4 Å². The minimum Gasteiger partial charge on any atom is -0.392 e. The molecule has 0 aromatic rings. The molecule has 4 heteroatoms. The second-order valence-corrected chi connectivity index (χ2v) is 3.67. The van der Waals surface area contributed by atoms with Gasteiger partial charge >= 0.3 is 6.03 Å². The molecule has 2 amide bonds. The minimum atomic E-state index is -0.490. The molecule has 0 aliphatic carbocycles. The molecule has 0 aliphatic rings. The summed E-state index contributed by atoms with van der Waals surface area (Å²) in [4.78, 5) is 11.0. The molecule has 4 nitrogen and oxygen atoms in total. The van der Waals surface area contributed by atoms with Crippen molar-refractivity contribution < 1.29 is 9.90 Å². The van der Waals surface area contributed by atoms with Crippen LogP contribution in [0.25, 0.3) is 0 Å². The molecule has 0 heterocycles. The molecule has 3 N–H and O–H groups in total. The number of rotatable bonds is 5. The van der Waals surface area contributed by atoms with Gasteiger partial charge < -0.3 is 15.7 Å². The molecule has 0 fully saturated rings. The first kappa shape index (κ1) is 12.2. The van der Waals surface area contributed by atoms with Crippen LogP contribution in [0.5, 0.6) is 0 Å². The second-order valence-electron chi connectivity index (χ2n) is 3.67. The first-order valence-electron chi connectivity index (χ1n) is 4.72. The first-order chi connectivity index (χ1) is 6.02. The third kappa shape index (κ3) is 9.14. The highest BCUT2D eigenvalue weighted by Crippen LogP contribution is 1.95. The zero-order chi connectivity index (χ0) is 10.3. The van der Waals surface area contributed by atoms with Crippen LogP contribution in [-0.4, -0.2) is 30.3 Å². The zero-order valence-corrected chi connectivity index (χ0v) is 8.63. The van der Waals surface area contributed by atoms with Crippen molar-refractivity contribution in [1.29, 1.82) is 0 Å². The summed E-state index contributed by atoms with van der Waals surface area (Å²) in [5.41, 5.74) is 0. The molecule has 78 valence electrons. The minimum absolute atomic E-state index is 0.207. The van der Waals surface area contributed by atoms with Gasteiger partial charge in [-0.15, -0.1) is 0 Å². The molecule has 0 rings (SSSR count). The number of nitrogens with one attached hydrogen (secondary N) is 2. The number of hydrogen-bond acceptors (Lipinski definition) is 2. The Bertz CT molecular complexity index is 147. The van der Waals surface area contributed by atoms with E-state index in [1.165, 1.54) is 0 Å². The molecule has 0 saturated heterocycles. The van der Waals surface area contributed by atoms with Crippen molar-refractivity contribution in [1.82, 2.24) is 10.6 Å². The van der Waals surface area contributed by atoms with Crippen molar-refractivity contribution in [2.24, 2.45) is 5.92 Å². The van der Waals surface area contributed by atoms with Gasteiger partial charge in [0.05, 0.1) is 6.10 Å². The molecule has 13 heavy (non-hydrogen) atoms. The van der Waals surface area contributed by atoms with Gasteiger partial charge in [0.25, 0.3) is 0 Å². The molecule has 0 unspecified atom stereocenters. The second kappa shape index (κ2) is 6.71. The van der Waals surface area contributed by atoms with Crippen LogP contribution in [0.2, 0.25) is 0 Å². The number of aliphatic hydroxyl groups is 1. The molecule has 0 aliphatic heterocycles. The highest BCUT2D eigenvalue weighted by Gasteiger charge is 2.01. The third-order valence-electron chi connectivity index (χ3n) is 1.57. The maximum absolute atomic E-state index is 11.0. The Morgan fingerprint density at radius 2 is 1.92 bits per heavy atom. The van der Waals surface area contributed by atoms with E-state index in [9.17, 15) is 4.79 Å². The largest absolute Gasteiger partial charge is 0.392 e. The summed E-state index contributed by atoms with van der Waals surface area (Å²) >= 11 is 0. The summed E-state index contributed by atoms with van der Waals surface area (Å²) in [6.07, 6.45) is 0.484. The number of carbonyl (C=O) groups is 1. The fraction of sp³-hybridized carbons (Fsp3) is 0.889. The average Bonchev–Trinajstić information content (AvgIpc) is 2.00. The van der Waals surface area contributed by atoms with Gasteiger partial charge in [-0.2, -0.15) is 0 Å². The van der Waals surface area contributed by atoms with Crippen LogP contribution < -0.4 is 10.6 Å². The van der Waals surface area contributed by atoms with E-state index in [0.717, 1.165) is 6.42 Å². The fourth-order valence-electron chi connectivity index (χ4n) is 0.777. The number of aliphatic hydroxyl groups excluding tert-OH is 1. The van der Waals surface area contributed by atoms with Gasteiger partial charge in [0.15, 0.2) is 0 Å². The maximum atomic E-state index is 11.0. The van der Waals surface area contributed by atoms with E-state index in [4.69, 9.17) is 5.11 Å². The van der Waals surface area contributed by atoms with Crippen molar-refractivity contribution >= 4 is 6.03 Å². The van der Waals surface area contributed by atoms with Gasteiger partial charge in [-0.25, -0.2) is 4.79 Å². The standard InChI is InChI=1S/C9H20N2O2/c1-7(2)4-5-10-9(13)11-6-8(3)12/h7-8,12H,4-6H2,1-3H3,(H2,10,11,13)/t8-/m0/s1. The third-order valence-corrected chi connectivity index (χ3v) is 1.57. The van der Waals surface area contributed by atoms with Crippen molar-refractivity contribution in [3.8, 4) is 0 Å². The molecule has 0 bridgehead atoms. The summed E-state index contributed by atoms with van der Waals surface area (Å²) in [6, 6.07) is -0.207. The lowest BCUT2D eigenvalue weighted by Crippen LogP contribution is -2.39. The van der Waals surface area contributed by atoms with Crippen LogP contribution in [-0.2, 0) is 0 Å². The molecule has 0 spiro atoms. The first-order valence-corrected chi connectivity index (χ1v) is 4.72. The lowest BCUT2D eigenvalue weighted by molar-refractivity contribution is 0.187. The van der Waals surface area contributed by atoms with E-state index < -0.39 is 6.10 Å². The van der Waals surface area contributed by atoms with E-state index in [1.807, 2.05) is 0 Å². The molecule has 1 atom stereocenters. The quantitative estimate of drug-likeness (QED) is 0.595. The molecule has 0 saturated carbocycles. The van der Waals surface area contributed by atoms with Gasteiger partial charge in [-0.3, -0.25) is 0 Å². The number of amides is 2. The summed E-state index contributed by atoms with van der Waals surface area (Å²) in [6.45, 7) is 6.83. The molecular weight excluding hydrogens is 168 g/mol. The summed E-state index contributed by atoms with van der Waals surface area (Å²) in [7, 11) is 0. The van der Waals surface area contributed by atoms with E-state index >= 15 is 0 Å². The number of hydrogen-bond donors (Lipinski definition) is 3. The van der Waals surface area contributed by atoms with Crippen LogP contribution in [0, 0.1) is 5.92 Å². The van der Waals surface area contributed by atoms with Crippen molar-refractivity contribution in [2.45, 2.75) is 33.3 Å². The smallest absolute Gasteiger partial charge is 0.314 e. The highest BCUT2D eigenvalue weighted by molar-refractivity contribution is 5.73. The van der Waals surface area contributed by atoms with Crippen molar-refractivity contribution in [3.63, 3.8) is 0 Å². The van der Waals surface area contributed by atoms with Crippen LogP contribution in [0.4, 0.5) is 4.79 Å². The van der Waals surface area contributed by atoms with Gasteiger partial charge in [0, 0.05) is 13.1 Å². The van der Waals surface area contributed by atoms with Gasteiger partial charge in [-0.05, 0) is 19.3 Å². The van der Waals surface area contributed by atoms with Crippen LogP contribution in [0.15, 0.2) is 0 Å².